The summed E-state index contributed by atoms with van der Waals surface area (Å²) in [6.45, 7) is 0. The molecular weight excluding hydrogens is 178 g/mol. The molecule has 2 aromatic rings. The molecule has 0 N–H and O–H groups in total. The molecular formula is C10H8N3O-. The molecule has 2 rings (SSSR count). The molecule has 2 aromatic heterocycles. The Morgan fingerprint density at radius 1 is 0.786 bits per heavy atom. The summed E-state index contributed by atoms with van der Waals surface area (Å²) in [6, 6.07) is 6.64. The first-order valence-electron chi connectivity index (χ1n) is 4.15. The van der Waals surface area contributed by atoms with Gasteiger partial charge in [0.1, 0.15) is 0 Å². The number of anilines is 2. The summed E-state index contributed by atoms with van der Waals surface area (Å²) in [4.78, 5) is 7.69. The predicted molar refractivity (Wildman–Crippen MR) is 54.0 cm³/mol. The Morgan fingerprint density at radius 3 is 1.50 bits per heavy atom. The van der Waals surface area contributed by atoms with Crippen LogP contribution >= 0.6 is 0 Å². The Morgan fingerprint density at radius 2 is 1.14 bits per heavy atom. The zero-order valence-corrected chi connectivity index (χ0v) is 7.37. The molecule has 4 heteroatoms. The number of rotatable bonds is 2. The molecule has 0 saturated carbocycles. The van der Waals surface area contributed by atoms with Crippen LogP contribution in [0.5, 0.6) is 0 Å². The third kappa shape index (κ3) is 1.70. The smallest absolute Gasteiger partial charge is 0.0334 e. The predicted octanol–water partition coefficient (Wildman–Crippen LogP) is 2.11. The molecule has 0 fully saturated rings. The third-order valence-electron chi connectivity index (χ3n) is 1.79. The van der Waals surface area contributed by atoms with E-state index in [0.29, 0.717) is 11.4 Å². The molecule has 2 heterocycles. The van der Waals surface area contributed by atoms with Crippen LogP contribution in [0.25, 0.3) is 0 Å². The van der Waals surface area contributed by atoms with Crippen LogP contribution in [0.4, 0.5) is 11.4 Å². The summed E-state index contributed by atoms with van der Waals surface area (Å²) in [6.07, 6.45) is 6.34. The van der Waals surface area contributed by atoms with Crippen molar-refractivity contribution in [3.05, 3.63) is 54.3 Å². The summed E-state index contributed by atoms with van der Waals surface area (Å²) in [7, 11) is 0. The summed E-state index contributed by atoms with van der Waals surface area (Å²) < 4.78 is 0. The Balaban J connectivity index is 2.30. The maximum absolute atomic E-state index is 11.7. The Hall–Kier alpha value is -1.94. The molecule has 0 bridgehead atoms. The van der Waals surface area contributed by atoms with Gasteiger partial charge in [-0.3, -0.25) is 9.97 Å². The molecule has 0 aliphatic carbocycles. The number of nitrogens with zero attached hydrogens (tertiary/aromatic N) is 3. The van der Waals surface area contributed by atoms with E-state index in [4.69, 9.17) is 0 Å². The topological polar surface area (TPSA) is 52.1 Å². The van der Waals surface area contributed by atoms with Crippen LogP contribution in [0.15, 0.2) is 49.1 Å². The molecule has 0 aliphatic rings. The monoisotopic (exact) mass is 186 g/mol. The van der Waals surface area contributed by atoms with Crippen molar-refractivity contribution in [2.45, 2.75) is 0 Å². The minimum absolute atomic E-state index is 0.561. The normalized spacial score (nSPS) is 9.79. The maximum atomic E-state index is 11.7. The van der Waals surface area contributed by atoms with Gasteiger partial charge in [0, 0.05) is 36.2 Å². The van der Waals surface area contributed by atoms with E-state index in [0.717, 1.165) is 5.06 Å². The van der Waals surface area contributed by atoms with Crippen LogP contribution < -0.4 is 5.06 Å². The lowest BCUT2D eigenvalue weighted by molar-refractivity contribution is 1.23. The van der Waals surface area contributed by atoms with Gasteiger partial charge in [0.05, 0.1) is 0 Å². The zero-order chi connectivity index (χ0) is 9.80. The fraction of sp³-hybridized carbons (Fsp3) is 0. The van der Waals surface area contributed by atoms with E-state index < -0.39 is 0 Å². The minimum atomic E-state index is 0.561. The zero-order valence-electron chi connectivity index (χ0n) is 7.37. The lowest BCUT2D eigenvalue weighted by Crippen LogP contribution is -2.06. The first kappa shape index (κ1) is 8.65. The van der Waals surface area contributed by atoms with Crippen molar-refractivity contribution in [1.29, 1.82) is 0 Å². The van der Waals surface area contributed by atoms with E-state index in [9.17, 15) is 5.21 Å². The molecule has 14 heavy (non-hydrogen) atoms. The molecule has 70 valence electrons. The second-order valence-corrected chi connectivity index (χ2v) is 2.71. The fourth-order valence-corrected chi connectivity index (χ4v) is 1.11. The molecule has 0 saturated heterocycles. The Kier molecular flexibility index (Phi) is 2.38. The van der Waals surface area contributed by atoms with Crippen molar-refractivity contribution >= 4 is 11.4 Å². The van der Waals surface area contributed by atoms with E-state index in [-0.39, 0.29) is 0 Å². The molecule has 0 aromatic carbocycles. The van der Waals surface area contributed by atoms with E-state index in [1.54, 1.807) is 49.1 Å². The average molecular weight is 186 g/mol. The fourth-order valence-electron chi connectivity index (χ4n) is 1.11. The van der Waals surface area contributed by atoms with Crippen LogP contribution in [0.1, 0.15) is 0 Å². The largest absolute Gasteiger partial charge is 0.754 e. The van der Waals surface area contributed by atoms with Gasteiger partial charge in [0.25, 0.3) is 0 Å². The number of hydrogen-bond acceptors (Lipinski definition) is 4. The van der Waals surface area contributed by atoms with Gasteiger partial charge in [-0.2, -0.15) is 0 Å². The van der Waals surface area contributed by atoms with Crippen molar-refractivity contribution in [2.24, 2.45) is 0 Å². The molecule has 0 spiro atoms. The standard InChI is InChI=1S/C10H8N3O/c14-13(9-1-5-11-6-2-9)10-3-7-12-8-4-10/h1-8H/q-1. The molecule has 0 aliphatic heterocycles. The SMILES string of the molecule is [O-]N(c1ccncc1)c1ccncc1. The van der Waals surface area contributed by atoms with Crippen LogP contribution in [0, 0.1) is 5.21 Å². The molecule has 4 nitrogen and oxygen atoms in total. The van der Waals surface area contributed by atoms with Gasteiger partial charge in [-0.1, -0.05) is 0 Å². The molecule has 0 radical (unpaired) electrons. The van der Waals surface area contributed by atoms with E-state index >= 15 is 0 Å². The molecule has 0 unspecified atom stereocenters. The van der Waals surface area contributed by atoms with Crippen LogP contribution in [-0.2, 0) is 0 Å². The van der Waals surface area contributed by atoms with Gasteiger partial charge in [-0.15, -0.1) is 0 Å². The highest BCUT2D eigenvalue weighted by Gasteiger charge is 1.96. The highest BCUT2D eigenvalue weighted by Crippen LogP contribution is 2.21. The Bertz CT molecular complexity index is 351. The minimum Gasteiger partial charge on any atom is -0.754 e. The third-order valence-corrected chi connectivity index (χ3v) is 1.79. The van der Waals surface area contributed by atoms with Crippen molar-refractivity contribution in [3.63, 3.8) is 0 Å². The summed E-state index contributed by atoms with van der Waals surface area (Å²) in [5.74, 6) is 0. The molecule has 0 atom stereocenters. The lowest BCUT2D eigenvalue weighted by atomic mass is 10.3. The quantitative estimate of drug-likeness (QED) is 0.674. The van der Waals surface area contributed by atoms with Crippen LogP contribution in [0.2, 0.25) is 0 Å². The highest BCUT2D eigenvalue weighted by molar-refractivity contribution is 5.62. The van der Waals surface area contributed by atoms with Gasteiger partial charge in [0.2, 0.25) is 0 Å². The first-order chi connectivity index (χ1) is 6.88. The van der Waals surface area contributed by atoms with Crippen molar-refractivity contribution in [3.8, 4) is 0 Å². The first-order valence-corrected chi connectivity index (χ1v) is 4.15. The highest BCUT2D eigenvalue weighted by atomic mass is 16.5. The van der Waals surface area contributed by atoms with E-state index in [2.05, 4.69) is 9.97 Å². The lowest BCUT2D eigenvalue weighted by Gasteiger charge is -2.30. The second kappa shape index (κ2) is 3.85. The van der Waals surface area contributed by atoms with Gasteiger partial charge in [-0.25, -0.2) is 0 Å². The van der Waals surface area contributed by atoms with Gasteiger partial charge >= 0.3 is 0 Å². The Labute approximate surface area is 81.4 Å². The van der Waals surface area contributed by atoms with Crippen molar-refractivity contribution in [2.75, 3.05) is 5.06 Å². The van der Waals surface area contributed by atoms with Gasteiger partial charge in [-0.05, 0) is 24.3 Å². The summed E-state index contributed by atoms with van der Waals surface area (Å²) in [5, 5.41) is 12.5. The maximum Gasteiger partial charge on any atom is 0.0334 e. The summed E-state index contributed by atoms with van der Waals surface area (Å²) >= 11 is 0. The average Bonchev–Trinajstić information content (AvgIpc) is 2.30. The van der Waals surface area contributed by atoms with Crippen molar-refractivity contribution < 1.29 is 0 Å². The van der Waals surface area contributed by atoms with Gasteiger partial charge in [0.15, 0.2) is 0 Å². The number of hydrogen-bond donors (Lipinski definition) is 0. The molecule has 0 amide bonds. The second-order valence-electron chi connectivity index (χ2n) is 2.71. The van der Waals surface area contributed by atoms with Crippen LogP contribution in [0.3, 0.4) is 0 Å². The van der Waals surface area contributed by atoms with E-state index in [1.165, 1.54) is 0 Å². The van der Waals surface area contributed by atoms with Gasteiger partial charge < -0.3 is 10.3 Å². The van der Waals surface area contributed by atoms with Crippen LogP contribution in [-0.4, -0.2) is 9.97 Å². The van der Waals surface area contributed by atoms with E-state index in [1.807, 2.05) is 0 Å². The van der Waals surface area contributed by atoms with Crippen molar-refractivity contribution in [1.82, 2.24) is 9.97 Å². The number of pyridine rings is 2. The summed E-state index contributed by atoms with van der Waals surface area (Å²) in [5.41, 5.74) is 1.12. The number of aromatic nitrogens is 2.